The molecule has 0 aliphatic carbocycles. The van der Waals surface area contributed by atoms with Crippen molar-refractivity contribution in [3.8, 4) is 0 Å². The van der Waals surface area contributed by atoms with Gasteiger partial charge in [-0.05, 0) is 29.5 Å². The molecule has 0 amide bonds. The Morgan fingerprint density at radius 3 is 2.22 bits per heavy atom. The number of alkyl halides is 3. The maximum Gasteiger partial charge on any atom is 0.446 e. The Hall–Kier alpha value is -0.770. The first kappa shape index (κ1) is 17.2. The molecular weight excluding hydrogens is 293 g/mol. The third kappa shape index (κ3) is 11.7. The van der Waals surface area contributed by atoms with E-state index in [-0.39, 0.29) is 23.3 Å². The number of aliphatic hydroxyl groups excluding tert-OH is 1. The van der Waals surface area contributed by atoms with Crippen molar-refractivity contribution in [3.05, 3.63) is 29.8 Å². The van der Waals surface area contributed by atoms with Crippen LogP contribution in [-0.4, -0.2) is 29.8 Å². The van der Waals surface area contributed by atoms with Gasteiger partial charge < -0.3 is 5.11 Å². The molecule has 0 heterocycles. The number of hydrogen-bond donors (Lipinski definition) is 2. The van der Waals surface area contributed by atoms with Crippen molar-refractivity contribution in [2.24, 2.45) is 0 Å². The third-order valence-corrected chi connectivity index (χ3v) is 2.04. The van der Waals surface area contributed by atoms with Gasteiger partial charge in [-0.2, -0.15) is 21.6 Å². The van der Waals surface area contributed by atoms with Crippen LogP contribution in [0.2, 0.25) is 0 Å². The average molecular weight is 304 g/mol. The van der Waals surface area contributed by atoms with E-state index >= 15 is 0 Å². The standard InChI is InChI=1S/C8H7F3OS.CH4O3S/c9-8(10,11)13-7-3-1-2-6(4-7)5-12;1-5(2,3)4/h1-4,12H,5H2;1H3,(H,2,3,4). The van der Waals surface area contributed by atoms with Gasteiger partial charge in [0.15, 0.2) is 0 Å². The van der Waals surface area contributed by atoms with Crippen molar-refractivity contribution in [2.45, 2.75) is 17.0 Å². The topological polar surface area (TPSA) is 74.6 Å². The van der Waals surface area contributed by atoms with Gasteiger partial charge in [0.2, 0.25) is 0 Å². The van der Waals surface area contributed by atoms with E-state index in [1.165, 1.54) is 18.2 Å². The van der Waals surface area contributed by atoms with E-state index in [0.717, 1.165) is 0 Å². The van der Waals surface area contributed by atoms with Gasteiger partial charge >= 0.3 is 5.51 Å². The Balaban J connectivity index is 0.000000494. The number of hydrogen-bond acceptors (Lipinski definition) is 4. The summed E-state index contributed by atoms with van der Waals surface area (Å²) in [6.45, 7) is -0.244. The van der Waals surface area contributed by atoms with Crippen LogP contribution in [0.5, 0.6) is 0 Å². The first-order chi connectivity index (χ1) is 8.01. The van der Waals surface area contributed by atoms with Gasteiger partial charge in [0.05, 0.1) is 12.9 Å². The molecule has 2 N–H and O–H groups in total. The summed E-state index contributed by atoms with van der Waals surface area (Å²) in [6.07, 6.45) is 0.715. The molecule has 4 nitrogen and oxygen atoms in total. The summed E-state index contributed by atoms with van der Waals surface area (Å²) in [5.74, 6) is 0. The van der Waals surface area contributed by atoms with Gasteiger partial charge in [0, 0.05) is 4.90 Å². The maximum absolute atomic E-state index is 11.9. The predicted octanol–water partition coefficient (Wildman–Crippen LogP) is 2.29. The Labute approximate surface area is 107 Å². The second-order valence-corrected chi connectivity index (χ2v) is 5.69. The summed E-state index contributed by atoms with van der Waals surface area (Å²) in [5, 5.41) is 8.67. The van der Waals surface area contributed by atoms with E-state index in [1.807, 2.05) is 0 Å². The molecule has 0 unspecified atom stereocenters. The zero-order valence-electron chi connectivity index (χ0n) is 9.18. The molecule has 0 radical (unpaired) electrons. The molecule has 104 valence electrons. The largest absolute Gasteiger partial charge is 0.446 e. The second-order valence-electron chi connectivity index (χ2n) is 3.09. The predicted molar refractivity (Wildman–Crippen MR) is 61.7 cm³/mol. The molecule has 0 saturated carbocycles. The molecule has 18 heavy (non-hydrogen) atoms. The van der Waals surface area contributed by atoms with Gasteiger partial charge in [0.25, 0.3) is 10.1 Å². The number of rotatable bonds is 2. The molecule has 1 aromatic carbocycles. The Kier molecular flexibility index (Phi) is 6.68. The van der Waals surface area contributed by atoms with Crippen LogP contribution in [0, 0.1) is 0 Å². The summed E-state index contributed by atoms with van der Waals surface area (Å²) in [4.78, 5) is 0.0963. The van der Waals surface area contributed by atoms with Gasteiger partial charge in [-0.3, -0.25) is 4.55 Å². The lowest BCUT2D eigenvalue weighted by Gasteiger charge is -2.05. The minimum absolute atomic E-state index is 0.0963. The minimum atomic E-state index is -4.27. The number of thioether (sulfide) groups is 1. The van der Waals surface area contributed by atoms with Crippen molar-refractivity contribution < 1.29 is 31.2 Å². The Morgan fingerprint density at radius 1 is 1.33 bits per heavy atom. The molecule has 0 saturated heterocycles. The highest BCUT2D eigenvalue weighted by Crippen LogP contribution is 2.36. The Morgan fingerprint density at radius 2 is 1.83 bits per heavy atom. The molecule has 0 fully saturated rings. The van der Waals surface area contributed by atoms with Gasteiger partial charge in [0.1, 0.15) is 0 Å². The van der Waals surface area contributed by atoms with Crippen LogP contribution in [-0.2, 0) is 16.7 Å². The molecule has 1 rings (SSSR count). The molecule has 0 aliphatic rings. The number of aliphatic hydroxyl groups is 1. The highest BCUT2D eigenvalue weighted by atomic mass is 32.2. The first-order valence-electron chi connectivity index (χ1n) is 4.39. The highest BCUT2D eigenvalue weighted by molar-refractivity contribution is 8.00. The van der Waals surface area contributed by atoms with Crippen LogP contribution in [0.4, 0.5) is 13.2 Å². The molecule has 0 atom stereocenters. The third-order valence-electron chi connectivity index (χ3n) is 1.31. The van der Waals surface area contributed by atoms with E-state index in [1.54, 1.807) is 6.07 Å². The van der Waals surface area contributed by atoms with E-state index in [2.05, 4.69) is 0 Å². The van der Waals surface area contributed by atoms with Gasteiger partial charge in [-0.25, -0.2) is 0 Å². The average Bonchev–Trinajstić information content (AvgIpc) is 2.12. The van der Waals surface area contributed by atoms with Crippen LogP contribution in [0.3, 0.4) is 0 Å². The van der Waals surface area contributed by atoms with Crippen LogP contribution < -0.4 is 0 Å². The zero-order chi connectivity index (χ0) is 14.4. The van der Waals surface area contributed by atoms with Crippen LogP contribution in [0.15, 0.2) is 29.2 Å². The number of benzene rings is 1. The second kappa shape index (κ2) is 6.98. The quantitative estimate of drug-likeness (QED) is 0.648. The smallest absolute Gasteiger partial charge is 0.392 e. The molecular formula is C9H11F3O4S2. The molecule has 9 heteroatoms. The normalized spacial score (nSPS) is 11.7. The van der Waals surface area contributed by atoms with E-state index in [0.29, 0.717) is 11.8 Å². The first-order valence-corrected chi connectivity index (χ1v) is 7.06. The summed E-state index contributed by atoms with van der Waals surface area (Å²) < 4.78 is 61.5. The van der Waals surface area contributed by atoms with Gasteiger partial charge in [-0.1, -0.05) is 12.1 Å². The highest BCUT2D eigenvalue weighted by Gasteiger charge is 2.29. The van der Waals surface area contributed by atoms with Crippen LogP contribution in [0.1, 0.15) is 5.56 Å². The van der Waals surface area contributed by atoms with Crippen molar-refractivity contribution in [3.63, 3.8) is 0 Å². The van der Waals surface area contributed by atoms with Crippen LogP contribution >= 0.6 is 11.8 Å². The van der Waals surface area contributed by atoms with Crippen LogP contribution in [0.25, 0.3) is 0 Å². The summed E-state index contributed by atoms with van der Waals surface area (Å²) in [7, 11) is -3.67. The van der Waals surface area contributed by atoms with E-state index in [4.69, 9.17) is 9.66 Å². The lowest BCUT2D eigenvalue weighted by molar-refractivity contribution is -0.0328. The SMILES string of the molecule is CS(=O)(=O)O.OCc1cccc(SC(F)(F)F)c1. The molecule has 0 aliphatic heterocycles. The lowest BCUT2D eigenvalue weighted by Crippen LogP contribution is -1.99. The Bertz CT molecular complexity index is 463. The maximum atomic E-state index is 11.9. The fraction of sp³-hybridized carbons (Fsp3) is 0.333. The van der Waals surface area contributed by atoms with Gasteiger partial charge in [-0.15, -0.1) is 0 Å². The van der Waals surface area contributed by atoms with Crippen molar-refractivity contribution in [1.29, 1.82) is 0 Å². The molecule has 1 aromatic rings. The van der Waals surface area contributed by atoms with Crippen molar-refractivity contribution >= 4 is 21.9 Å². The molecule has 0 aromatic heterocycles. The molecule has 0 bridgehead atoms. The monoisotopic (exact) mass is 304 g/mol. The van der Waals surface area contributed by atoms with Crippen molar-refractivity contribution in [2.75, 3.05) is 6.26 Å². The zero-order valence-corrected chi connectivity index (χ0v) is 10.8. The molecule has 0 spiro atoms. The van der Waals surface area contributed by atoms with E-state index in [9.17, 15) is 21.6 Å². The van der Waals surface area contributed by atoms with Crippen molar-refractivity contribution in [1.82, 2.24) is 0 Å². The minimum Gasteiger partial charge on any atom is -0.392 e. The lowest BCUT2D eigenvalue weighted by atomic mass is 10.2. The summed E-state index contributed by atoms with van der Waals surface area (Å²) >= 11 is -0.181. The fourth-order valence-electron chi connectivity index (χ4n) is 0.841. The summed E-state index contributed by atoms with van der Waals surface area (Å²) in [6, 6.07) is 5.73. The number of halogens is 3. The summed E-state index contributed by atoms with van der Waals surface area (Å²) in [5.41, 5.74) is -3.79. The fourth-order valence-corrected chi connectivity index (χ4v) is 1.47. The van der Waals surface area contributed by atoms with E-state index < -0.39 is 15.6 Å².